The molecule has 0 atom stereocenters. The van der Waals surface area contributed by atoms with Gasteiger partial charge >= 0.3 is 0 Å². The Kier molecular flexibility index (Phi) is 4.84. The van der Waals surface area contributed by atoms with E-state index in [1.807, 2.05) is 54.8 Å². The van der Waals surface area contributed by atoms with Crippen molar-refractivity contribution in [1.29, 1.82) is 0 Å². The molecule has 154 valence electrons. The molecule has 0 aliphatic heterocycles. The van der Waals surface area contributed by atoms with Gasteiger partial charge in [0.1, 0.15) is 10.5 Å². The van der Waals surface area contributed by atoms with E-state index in [-0.39, 0.29) is 11.1 Å². The fourth-order valence-corrected chi connectivity index (χ4v) is 5.29. The quantitative estimate of drug-likeness (QED) is 0.258. The molecule has 0 aliphatic rings. The van der Waals surface area contributed by atoms with Crippen molar-refractivity contribution in [2.75, 3.05) is 5.84 Å². The second-order valence-corrected chi connectivity index (χ2v) is 8.80. The molecule has 0 radical (unpaired) electrons. The van der Waals surface area contributed by atoms with Crippen LogP contribution in [-0.2, 0) is 5.75 Å². The van der Waals surface area contributed by atoms with E-state index in [1.165, 1.54) is 29.2 Å². The number of nitrogens with two attached hydrogens (primary N) is 1. The number of thioether (sulfide) groups is 1. The van der Waals surface area contributed by atoms with Crippen LogP contribution in [0.1, 0.15) is 11.4 Å². The number of fused-ring (bicyclic) bond motifs is 2. The van der Waals surface area contributed by atoms with Crippen LogP contribution in [0, 0.1) is 6.92 Å². The number of aromatic nitrogens is 4. The molecule has 7 nitrogen and oxygen atoms in total. The summed E-state index contributed by atoms with van der Waals surface area (Å²) in [4.78, 5) is 35.3. The van der Waals surface area contributed by atoms with Gasteiger partial charge in [0.15, 0.2) is 5.16 Å². The maximum absolute atomic E-state index is 13.0. The molecule has 4 aromatic heterocycles. The zero-order valence-corrected chi connectivity index (χ0v) is 18.1. The highest BCUT2D eigenvalue weighted by molar-refractivity contribution is 7.98. The third-order valence-corrected chi connectivity index (χ3v) is 6.83. The Hall–Kier alpha value is -3.43. The fraction of sp³-hybridized carbons (Fsp3) is 0.0909. The predicted molar refractivity (Wildman–Crippen MR) is 125 cm³/mol. The smallest absolute Gasteiger partial charge is 0.282 e. The maximum atomic E-state index is 13.0. The Morgan fingerprint density at radius 2 is 1.87 bits per heavy atom. The van der Waals surface area contributed by atoms with Crippen molar-refractivity contribution in [2.45, 2.75) is 17.8 Å². The number of thiophene rings is 1. The first-order valence-corrected chi connectivity index (χ1v) is 11.4. The van der Waals surface area contributed by atoms with Crippen molar-refractivity contribution in [2.24, 2.45) is 0 Å². The van der Waals surface area contributed by atoms with Crippen LogP contribution in [0.4, 0.5) is 0 Å². The van der Waals surface area contributed by atoms with Crippen molar-refractivity contribution >= 4 is 39.0 Å². The number of benzene rings is 1. The average Bonchev–Trinajstić information content (AvgIpc) is 3.20. The minimum absolute atomic E-state index is 0.141. The van der Waals surface area contributed by atoms with Crippen LogP contribution in [-0.4, -0.2) is 19.0 Å². The molecular formula is C22H17N5O2S2. The standard InChI is InChI=1S/C22H17N5O2S2/c1-13-6-5-9-17-24-15(10-18(28)26(13)17)11-31-22-25-20-19(21(29)27(22)23)16(12-30-20)14-7-3-2-4-8-14/h2-10,12H,11,23H2,1H3. The average molecular weight is 448 g/mol. The maximum Gasteiger partial charge on any atom is 0.282 e. The predicted octanol–water partition coefficient (Wildman–Crippen LogP) is 3.45. The summed E-state index contributed by atoms with van der Waals surface area (Å²) in [7, 11) is 0. The molecule has 0 spiro atoms. The van der Waals surface area contributed by atoms with E-state index < -0.39 is 0 Å². The van der Waals surface area contributed by atoms with Gasteiger partial charge in [-0.15, -0.1) is 11.3 Å². The Morgan fingerprint density at radius 1 is 1.06 bits per heavy atom. The number of hydrogen-bond donors (Lipinski definition) is 1. The van der Waals surface area contributed by atoms with Crippen LogP contribution >= 0.6 is 23.1 Å². The van der Waals surface area contributed by atoms with Gasteiger partial charge in [0.2, 0.25) is 0 Å². The summed E-state index contributed by atoms with van der Waals surface area (Å²) in [6.07, 6.45) is 0. The lowest BCUT2D eigenvalue weighted by Gasteiger charge is -2.09. The molecule has 0 amide bonds. The van der Waals surface area contributed by atoms with Crippen LogP contribution in [0.2, 0.25) is 0 Å². The number of nitrogen functional groups attached to an aromatic ring is 1. The van der Waals surface area contributed by atoms with Crippen LogP contribution in [0.25, 0.3) is 27.0 Å². The Morgan fingerprint density at radius 3 is 2.68 bits per heavy atom. The van der Waals surface area contributed by atoms with Crippen molar-refractivity contribution in [3.8, 4) is 11.1 Å². The van der Waals surface area contributed by atoms with Gasteiger partial charge in [-0.3, -0.25) is 14.0 Å². The summed E-state index contributed by atoms with van der Waals surface area (Å²) in [5.74, 6) is 6.47. The zero-order chi connectivity index (χ0) is 21.5. The lowest BCUT2D eigenvalue weighted by molar-refractivity contribution is 0.781. The molecule has 5 rings (SSSR count). The molecule has 0 aliphatic carbocycles. The van der Waals surface area contributed by atoms with E-state index in [2.05, 4.69) is 9.97 Å². The number of nitrogens with zero attached hydrogens (tertiary/aromatic N) is 4. The van der Waals surface area contributed by atoms with Gasteiger partial charge in [-0.25, -0.2) is 14.6 Å². The van der Waals surface area contributed by atoms with E-state index in [0.717, 1.165) is 21.5 Å². The largest absolute Gasteiger partial charge is 0.334 e. The highest BCUT2D eigenvalue weighted by atomic mass is 32.2. The summed E-state index contributed by atoms with van der Waals surface area (Å²) in [5, 5.41) is 2.82. The molecule has 0 bridgehead atoms. The molecule has 2 N–H and O–H groups in total. The van der Waals surface area contributed by atoms with E-state index in [0.29, 0.717) is 32.5 Å². The SMILES string of the molecule is Cc1cccc2nc(CSc3nc4scc(-c5ccccc5)c4c(=O)n3N)cc(=O)n12. The third kappa shape index (κ3) is 3.41. The van der Waals surface area contributed by atoms with Crippen LogP contribution in [0.15, 0.2) is 74.7 Å². The Bertz CT molecular complexity index is 1550. The summed E-state index contributed by atoms with van der Waals surface area (Å²) in [5.41, 5.74) is 3.35. The summed E-state index contributed by atoms with van der Waals surface area (Å²) in [6, 6.07) is 16.7. The molecule has 0 saturated carbocycles. The number of pyridine rings is 1. The van der Waals surface area contributed by atoms with Gasteiger partial charge in [-0.1, -0.05) is 48.2 Å². The van der Waals surface area contributed by atoms with E-state index in [4.69, 9.17) is 5.84 Å². The van der Waals surface area contributed by atoms with E-state index in [9.17, 15) is 9.59 Å². The Balaban J connectivity index is 1.51. The minimum atomic E-state index is -0.297. The lowest BCUT2D eigenvalue weighted by atomic mass is 10.1. The first kappa shape index (κ1) is 19.5. The van der Waals surface area contributed by atoms with Gasteiger partial charge in [-0.2, -0.15) is 0 Å². The molecule has 0 saturated heterocycles. The van der Waals surface area contributed by atoms with Gasteiger partial charge < -0.3 is 5.84 Å². The minimum Gasteiger partial charge on any atom is -0.334 e. The molecule has 0 unspecified atom stereocenters. The first-order chi connectivity index (χ1) is 15.0. The van der Waals surface area contributed by atoms with Gasteiger partial charge in [-0.05, 0) is 24.6 Å². The zero-order valence-electron chi connectivity index (χ0n) is 16.5. The lowest BCUT2D eigenvalue weighted by Crippen LogP contribution is -2.29. The topological polar surface area (TPSA) is 95.3 Å². The molecule has 31 heavy (non-hydrogen) atoms. The van der Waals surface area contributed by atoms with Crippen LogP contribution in [0.3, 0.4) is 0 Å². The molecule has 1 aromatic carbocycles. The van der Waals surface area contributed by atoms with Crippen LogP contribution < -0.4 is 17.0 Å². The Labute approximate surface area is 184 Å². The normalized spacial score (nSPS) is 11.4. The van der Waals surface area contributed by atoms with E-state index in [1.54, 1.807) is 10.5 Å². The molecule has 5 aromatic rings. The third-order valence-electron chi connectivity index (χ3n) is 4.97. The second kappa shape index (κ2) is 7.68. The second-order valence-electron chi connectivity index (χ2n) is 7.00. The fourth-order valence-electron chi connectivity index (χ4n) is 3.49. The summed E-state index contributed by atoms with van der Waals surface area (Å²) >= 11 is 2.69. The van der Waals surface area contributed by atoms with Crippen molar-refractivity contribution in [1.82, 2.24) is 19.0 Å². The number of hydrogen-bond acceptors (Lipinski definition) is 7. The highest BCUT2D eigenvalue weighted by Crippen LogP contribution is 2.32. The first-order valence-electron chi connectivity index (χ1n) is 9.49. The molecule has 9 heteroatoms. The van der Waals surface area contributed by atoms with Gasteiger partial charge in [0.05, 0.1) is 11.1 Å². The van der Waals surface area contributed by atoms with Crippen molar-refractivity contribution < 1.29 is 0 Å². The number of aryl methyl sites for hydroxylation is 1. The monoisotopic (exact) mass is 447 g/mol. The summed E-state index contributed by atoms with van der Waals surface area (Å²) in [6.45, 7) is 1.86. The van der Waals surface area contributed by atoms with Gasteiger partial charge in [0.25, 0.3) is 11.1 Å². The van der Waals surface area contributed by atoms with E-state index >= 15 is 0 Å². The van der Waals surface area contributed by atoms with Gasteiger partial charge in [0, 0.05) is 28.5 Å². The van der Waals surface area contributed by atoms with Crippen molar-refractivity contribution in [3.63, 3.8) is 0 Å². The van der Waals surface area contributed by atoms with Crippen LogP contribution in [0.5, 0.6) is 0 Å². The molecular weight excluding hydrogens is 430 g/mol. The summed E-state index contributed by atoms with van der Waals surface area (Å²) < 4.78 is 2.64. The molecule has 0 fully saturated rings. The highest BCUT2D eigenvalue weighted by Gasteiger charge is 2.16. The molecule has 4 heterocycles. The van der Waals surface area contributed by atoms with Crippen molar-refractivity contribution in [3.05, 3.63) is 92.1 Å². The number of rotatable bonds is 4.